The summed E-state index contributed by atoms with van der Waals surface area (Å²) >= 11 is 0. The number of benzene rings is 1. The van der Waals surface area contributed by atoms with Crippen LogP contribution in [-0.2, 0) is 6.42 Å². The number of phenolic OH excluding ortho intramolecular Hbond substituents is 1. The molecule has 0 saturated heterocycles. The molecule has 3 rings (SSSR count). The quantitative estimate of drug-likeness (QED) is 0.792. The van der Waals surface area contributed by atoms with Crippen LogP contribution in [0, 0.1) is 11.8 Å². The predicted octanol–water partition coefficient (Wildman–Crippen LogP) is 2.77. The largest absolute Gasteiger partial charge is 0.508 e. The smallest absolute Gasteiger partial charge is 0.115 e. The second-order valence-corrected chi connectivity index (χ2v) is 6.37. The molecule has 3 N–H and O–H groups in total. The molecule has 0 amide bonds. The molecule has 0 spiro atoms. The summed E-state index contributed by atoms with van der Waals surface area (Å²) in [5.41, 5.74) is 2.64. The van der Waals surface area contributed by atoms with Crippen LogP contribution in [0.5, 0.6) is 5.75 Å². The first-order valence-electron chi connectivity index (χ1n) is 7.94. The summed E-state index contributed by atoms with van der Waals surface area (Å²) in [6, 6.07) is 6.19. The third-order valence-corrected chi connectivity index (χ3v) is 5.12. The Morgan fingerprint density at radius 1 is 1.10 bits per heavy atom. The molecule has 0 heterocycles. The van der Waals surface area contributed by atoms with Gasteiger partial charge in [0.15, 0.2) is 0 Å². The van der Waals surface area contributed by atoms with Crippen molar-refractivity contribution in [3.63, 3.8) is 0 Å². The van der Waals surface area contributed by atoms with Crippen LogP contribution in [0.2, 0.25) is 0 Å². The van der Waals surface area contributed by atoms with E-state index in [4.69, 9.17) is 0 Å². The van der Waals surface area contributed by atoms with Crippen LogP contribution in [0.1, 0.15) is 49.3 Å². The molecule has 3 atom stereocenters. The maximum absolute atomic E-state index is 9.60. The van der Waals surface area contributed by atoms with E-state index in [-0.39, 0.29) is 0 Å². The van der Waals surface area contributed by atoms with Gasteiger partial charge in [-0.15, -0.1) is 0 Å². The highest BCUT2D eigenvalue weighted by Gasteiger charge is 2.28. The van der Waals surface area contributed by atoms with Crippen LogP contribution >= 0.6 is 0 Å². The summed E-state index contributed by atoms with van der Waals surface area (Å²) in [6.07, 6.45) is 7.11. The zero-order valence-corrected chi connectivity index (χ0v) is 12.0. The first kappa shape index (κ1) is 13.9. The van der Waals surface area contributed by atoms with Crippen LogP contribution in [0.25, 0.3) is 0 Å². The molecule has 0 aromatic heterocycles. The van der Waals surface area contributed by atoms with Crippen molar-refractivity contribution in [1.82, 2.24) is 5.32 Å². The van der Waals surface area contributed by atoms with Gasteiger partial charge in [0.1, 0.15) is 5.75 Å². The van der Waals surface area contributed by atoms with Crippen molar-refractivity contribution in [3.8, 4) is 5.75 Å². The van der Waals surface area contributed by atoms with Gasteiger partial charge in [-0.2, -0.15) is 0 Å². The zero-order valence-electron chi connectivity index (χ0n) is 12.0. The van der Waals surface area contributed by atoms with Crippen molar-refractivity contribution in [1.29, 1.82) is 0 Å². The summed E-state index contributed by atoms with van der Waals surface area (Å²) in [6.45, 7) is 1.34. The van der Waals surface area contributed by atoms with E-state index in [1.54, 1.807) is 6.07 Å². The molecule has 110 valence electrons. The topological polar surface area (TPSA) is 52.5 Å². The van der Waals surface area contributed by atoms with Crippen LogP contribution in [0.3, 0.4) is 0 Å². The van der Waals surface area contributed by atoms with Crippen molar-refractivity contribution in [2.45, 2.75) is 44.6 Å². The predicted molar refractivity (Wildman–Crippen MR) is 79.7 cm³/mol. The van der Waals surface area contributed by atoms with Crippen LogP contribution in [-0.4, -0.2) is 23.4 Å². The van der Waals surface area contributed by atoms with Gasteiger partial charge >= 0.3 is 0 Å². The van der Waals surface area contributed by atoms with Crippen LogP contribution < -0.4 is 5.32 Å². The van der Waals surface area contributed by atoms with Gasteiger partial charge in [-0.05, 0) is 73.7 Å². The molecular weight excluding hydrogens is 250 g/mol. The highest BCUT2D eigenvalue weighted by Crippen LogP contribution is 2.34. The number of hydrogen-bond donors (Lipinski definition) is 3. The van der Waals surface area contributed by atoms with E-state index in [0.717, 1.165) is 13.0 Å². The number of fused-ring (bicyclic) bond motifs is 1. The highest BCUT2D eigenvalue weighted by molar-refractivity contribution is 5.38. The Balaban J connectivity index is 1.64. The zero-order chi connectivity index (χ0) is 13.9. The maximum atomic E-state index is 9.60. The fourth-order valence-electron chi connectivity index (χ4n) is 3.93. The van der Waals surface area contributed by atoms with Crippen molar-refractivity contribution >= 4 is 0 Å². The van der Waals surface area contributed by atoms with Gasteiger partial charge in [-0.3, -0.25) is 0 Å². The van der Waals surface area contributed by atoms with Gasteiger partial charge in [0.2, 0.25) is 0 Å². The highest BCUT2D eigenvalue weighted by atomic mass is 16.3. The standard InChI is InChI=1S/C17H25NO2/c19-11-14-5-1-4-13(14)10-18-17-6-2-3-12-9-15(20)7-8-16(12)17/h7-9,13-14,17-20H,1-6,10-11H2. The van der Waals surface area contributed by atoms with Crippen molar-refractivity contribution < 1.29 is 10.2 Å². The van der Waals surface area contributed by atoms with E-state index < -0.39 is 0 Å². The first-order valence-corrected chi connectivity index (χ1v) is 7.94. The summed E-state index contributed by atoms with van der Waals surface area (Å²) in [4.78, 5) is 0. The normalized spacial score (nSPS) is 29.4. The van der Waals surface area contributed by atoms with Gasteiger partial charge in [-0.25, -0.2) is 0 Å². The number of aliphatic hydroxyl groups is 1. The number of aromatic hydroxyl groups is 1. The van der Waals surface area contributed by atoms with Crippen LogP contribution in [0.4, 0.5) is 0 Å². The van der Waals surface area contributed by atoms with E-state index in [1.807, 2.05) is 6.07 Å². The van der Waals surface area contributed by atoms with Gasteiger partial charge in [-0.1, -0.05) is 12.5 Å². The molecule has 1 aromatic carbocycles. The molecule has 2 aliphatic carbocycles. The minimum absolute atomic E-state index is 0.335. The van der Waals surface area contributed by atoms with Gasteiger partial charge < -0.3 is 15.5 Å². The summed E-state index contributed by atoms with van der Waals surface area (Å²) in [5, 5.41) is 22.7. The van der Waals surface area contributed by atoms with E-state index in [1.165, 1.54) is 43.2 Å². The molecule has 0 bridgehead atoms. The molecule has 3 nitrogen and oxygen atoms in total. The van der Waals surface area contributed by atoms with E-state index in [2.05, 4.69) is 11.4 Å². The van der Waals surface area contributed by atoms with Gasteiger partial charge in [0.25, 0.3) is 0 Å². The third-order valence-electron chi connectivity index (χ3n) is 5.12. The lowest BCUT2D eigenvalue weighted by molar-refractivity contribution is 0.189. The molecular formula is C17H25NO2. The van der Waals surface area contributed by atoms with Crippen molar-refractivity contribution in [3.05, 3.63) is 29.3 Å². The molecule has 1 fully saturated rings. The molecule has 0 aliphatic heterocycles. The Hall–Kier alpha value is -1.06. The Labute approximate surface area is 121 Å². The number of phenols is 1. The lowest BCUT2D eigenvalue weighted by atomic mass is 9.87. The van der Waals surface area contributed by atoms with Gasteiger partial charge in [0.05, 0.1) is 0 Å². The Morgan fingerprint density at radius 3 is 2.80 bits per heavy atom. The lowest BCUT2D eigenvalue weighted by Crippen LogP contribution is -2.32. The fraction of sp³-hybridized carbons (Fsp3) is 0.647. The Morgan fingerprint density at radius 2 is 1.95 bits per heavy atom. The fourth-order valence-corrected chi connectivity index (χ4v) is 3.93. The SMILES string of the molecule is OCC1CCCC1CNC1CCCc2cc(O)ccc21. The second-order valence-electron chi connectivity index (χ2n) is 6.37. The lowest BCUT2D eigenvalue weighted by Gasteiger charge is -2.29. The summed E-state index contributed by atoms with van der Waals surface area (Å²) in [7, 11) is 0. The molecule has 3 unspecified atom stereocenters. The Bertz CT molecular complexity index is 460. The van der Waals surface area contributed by atoms with Gasteiger partial charge in [0, 0.05) is 12.6 Å². The maximum Gasteiger partial charge on any atom is 0.115 e. The van der Waals surface area contributed by atoms with Crippen molar-refractivity contribution in [2.24, 2.45) is 11.8 Å². The Kier molecular flexibility index (Phi) is 4.27. The van der Waals surface area contributed by atoms with Crippen molar-refractivity contribution in [2.75, 3.05) is 13.2 Å². The number of rotatable bonds is 4. The van der Waals surface area contributed by atoms with E-state index in [0.29, 0.717) is 30.2 Å². The molecule has 1 aromatic rings. The molecule has 2 aliphatic rings. The summed E-state index contributed by atoms with van der Waals surface area (Å²) < 4.78 is 0. The molecule has 0 radical (unpaired) electrons. The van der Waals surface area contributed by atoms with E-state index in [9.17, 15) is 10.2 Å². The number of nitrogens with one attached hydrogen (secondary N) is 1. The number of hydrogen-bond acceptors (Lipinski definition) is 3. The summed E-state index contributed by atoms with van der Waals surface area (Å²) in [5.74, 6) is 1.49. The second kappa shape index (κ2) is 6.15. The number of aliphatic hydroxyl groups excluding tert-OH is 1. The van der Waals surface area contributed by atoms with E-state index >= 15 is 0 Å². The third kappa shape index (κ3) is 2.84. The minimum Gasteiger partial charge on any atom is -0.508 e. The average Bonchev–Trinajstić information content (AvgIpc) is 2.92. The first-order chi connectivity index (χ1) is 9.78. The number of aryl methyl sites for hydroxylation is 1. The van der Waals surface area contributed by atoms with Crippen LogP contribution in [0.15, 0.2) is 18.2 Å². The molecule has 3 heteroatoms. The average molecular weight is 275 g/mol. The monoisotopic (exact) mass is 275 g/mol. The molecule has 1 saturated carbocycles. The molecule has 20 heavy (non-hydrogen) atoms. The minimum atomic E-state index is 0.335.